The lowest BCUT2D eigenvalue weighted by atomic mass is 10.2. The summed E-state index contributed by atoms with van der Waals surface area (Å²) in [6.45, 7) is 0.378. The SMILES string of the molecule is O=C(Cn1sc2ccccc2c1=O)NCc1cccc(Oc2ccccc2)c1. The Morgan fingerprint density at radius 1 is 0.929 bits per heavy atom. The van der Waals surface area contributed by atoms with E-state index in [9.17, 15) is 9.59 Å². The molecule has 0 aliphatic carbocycles. The van der Waals surface area contributed by atoms with Gasteiger partial charge < -0.3 is 10.1 Å². The molecule has 4 aromatic rings. The molecule has 1 N–H and O–H groups in total. The van der Waals surface area contributed by atoms with Crippen LogP contribution in [0.15, 0.2) is 83.7 Å². The Hall–Kier alpha value is -3.38. The van der Waals surface area contributed by atoms with Crippen molar-refractivity contribution in [3.63, 3.8) is 0 Å². The number of fused-ring (bicyclic) bond motifs is 1. The Bertz CT molecular complexity index is 1170. The largest absolute Gasteiger partial charge is 0.457 e. The first-order chi connectivity index (χ1) is 13.7. The third kappa shape index (κ3) is 4.13. The number of benzene rings is 3. The molecule has 0 aliphatic rings. The molecule has 28 heavy (non-hydrogen) atoms. The first kappa shape index (κ1) is 18.0. The van der Waals surface area contributed by atoms with Crippen LogP contribution in [0.1, 0.15) is 5.56 Å². The van der Waals surface area contributed by atoms with Crippen LogP contribution < -0.4 is 15.6 Å². The number of carbonyl (C=O) groups excluding carboxylic acids is 1. The highest BCUT2D eigenvalue weighted by molar-refractivity contribution is 7.13. The Balaban J connectivity index is 1.38. The molecule has 0 radical (unpaired) electrons. The number of hydrogen-bond donors (Lipinski definition) is 1. The topological polar surface area (TPSA) is 60.3 Å². The van der Waals surface area contributed by atoms with E-state index in [1.54, 1.807) is 6.07 Å². The fraction of sp³-hybridized carbons (Fsp3) is 0.0909. The summed E-state index contributed by atoms with van der Waals surface area (Å²) in [6, 6.07) is 24.5. The van der Waals surface area contributed by atoms with E-state index in [0.717, 1.165) is 16.0 Å². The number of ether oxygens (including phenoxy) is 1. The summed E-state index contributed by atoms with van der Waals surface area (Å²) in [4.78, 5) is 24.6. The van der Waals surface area contributed by atoms with Gasteiger partial charge in [-0.15, -0.1) is 0 Å². The molecule has 0 unspecified atom stereocenters. The van der Waals surface area contributed by atoms with Crippen molar-refractivity contribution in [1.29, 1.82) is 0 Å². The van der Waals surface area contributed by atoms with Crippen molar-refractivity contribution in [2.24, 2.45) is 0 Å². The molecular formula is C22H18N2O3S. The van der Waals surface area contributed by atoms with Crippen molar-refractivity contribution < 1.29 is 9.53 Å². The van der Waals surface area contributed by atoms with Crippen LogP contribution in [-0.2, 0) is 17.9 Å². The van der Waals surface area contributed by atoms with Crippen molar-refractivity contribution in [2.75, 3.05) is 0 Å². The standard InChI is InChI=1S/C22H18N2O3S/c25-21(15-24-22(26)19-11-4-5-12-20(19)28-24)23-14-16-7-6-10-18(13-16)27-17-8-2-1-3-9-17/h1-13H,14-15H2,(H,23,25). The van der Waals surface area contributed by atoms with E-state index in [-0.39, 0.29) is 18.0 Å². The summed E-state index contributed by atoms with van der Waals surface area (Å²) in [7, 11) is 0. The van der Waals surface area contributed by atoms with Gasteiger partial charge in [0, 0.05) is 6.54 Å². The van der Waals surface area contributed by atoms with Crippen molar-refractivity contribution >= 4 is 27.5 Å². The number of para-hydroxylation sites is 1. The highest BCUT2D eigenvalue weighted by atomic mass is 32.1. The van der Waals surface area contributed by atoms with Crippen molar-refractivity contribution in [2.45, 2.75) is 13.1 Å². The number of hydrogen-bond acceptors (Lipinski definition) is 4. The van der Waals surface area contributed by atoms with Crippen LogP contribution in [0.25, 0.3) is 10.1 Å². The van der Waals surface area contributed by atoms with Crippen LogP contribution >= 0.6 is 11.5 Å². The van der Waals surface area contributed by atoms with Gasteiger partial charge in [0.25, 0.3) is 5.56 Å². The lowest BCUT2D eigenvalue weighted by Gasteiger charge is -2.09. The number of carbonyl (C=O) groups is 1. The Labute approximate surface area is 166 Å². The van der Waals surface area contributed by atoms with Gasteiger partial charge in [0.15, 0.2) is 0 Å². The maximum atomic E-state index is 12.3. The molecular weight excluding hydrogens is 372 g/mol. The van der Waals surface area contributed by atoms with Gasteiger partial charge in [-0.1, -0.05) is 54.0 Å². The summed E-state index contributed by atoms with van der Waals surface area (Å²) in [6.07, 6.45) is 0. The monoisotopic (exact) mass is 390 g/mol. The number of aromatic nitrogens is 1. The van der Waals surface area contributed by atoms with Gasteiger partial charge in [0.05, 0.1) is 10.1 Å². The second kappa shape index (κ2) is 8.10. The van der Waals surface area contributed by atoms with E-state index in [1.165, 1.54) is 15.5 Å². The van der Waals surface area contributed by atoms with Crippen molar-refractivity contribution in [3.05, 3.63) is 94.8 Å². The van der Waals surface area contributed by atoms with E-state index >= 15 is 0 Å². The lowest BCUT2D eigenvalue weighted by Crippen LogP contribution is -2.29. The Morgan fingerprint density at radius 3 is 2.50 bits per heavy atom. The number of nitrogens with zero attached hydrogens (tertiary/aromatic N) is 1. The summed E-state index contributed by atoms with van der Waals surface area (Å²) < 4.78 is 8.18. The molecule has 6 heteroatoms. The van der Waals surface area contributed by atoms with E-state index in [0.29, 0.717) is 17.7 Å². The number of nitrogens with one attached hydrogen (secondary N) is 1. The summed E-state index contributed by atoms with van der Waals surface area (Å²) in [5, 5.41) is 3.51. The maximum Gasteiger partial charge on any atom is 0.268 e. The van der Waals surface area contributed by atoms with Crippen LogP contribution in [0.4, 0.5) is 0 Å². The molecule has 3 aromatic carbocycles. The van der Waals surface area contributed by atoms with Gasteiger partial charge in [-0.25, -0.2) is 0 Å². The molecule has 4 rings (SSSR count). The van der Waals surface area contributed by atoms with Crippen LogP contribution in [0.5, 0.6) is 11.5 Å². The fourth-order valence-electron chi connectivity index (χ4n) is 2.85. The van der Waals surface area contributed by atoms with Crippen LogP contribution in [0.2, 0.25) is 0 Å². The van der Waals surface area contributed by atoms with E-state index in [4.69, 9.17) is 4.74 Å². The summed E-state index contributed by atoms with van der Waals surface area (Å²) >= 11 is 1.30. The molecule has 0 aliphatic heterocycles. The normalized spacial score (nSPS) is 10.7. The van der Waals surface area contributed by atoms with Gasteiger partial charge in [-0.3, -0.25) is 13.5 Å². The first-order valence-electron chi connectivity index (χ1n) is 8.86. The molecule has 140 valence electrons. The van der Waals surface area contributed by atoms with Crippen LogP contribution in [0, 0.1) is 0 Å². The Kier molecular flexibility index (Phi) is 5.21. The van der Waals surface area contributed by atoms with Crippen molar-refractivity contribution in [1.82, 2.24) is 9.27 Å². The summed E-state index contributed by atoms with van der Waals surface area (Å²) in [5.74, 6) is 1.26. The van der Waals surface area contributed by atoms with Gasteiger partial charge in [0.2, 0.25) is 5.91 Å². The molecule has 1 amide bonds. The minimum Gasteiger partial charge on any atom is -0.457 e. The third-order valence-corrected chi connectivity index (χ3v) is 5.27. The molecule has 0 spiro atoms. The average molecular weight is 390 g/mol. The molecule has 1 aromatic heterocycles. The molecule has 0 fully saturated rings. The predicted molar refractivity (Wildman–Crippen MR) is 111 cm³/mol. The quantitative estimate of drug-likeness (QED) is 0.537. The van der Waals surface area contributed by atoms with Gasteiger partial charge >= 0.3 is 0 Å². The second-order valence-electron chi connectivity index (χ2n) is 6.27. The second-order valence-corrected chi connectivity index (χ2v) is 7.33. The number of amides is 1. The zero-order valence-electron chi connectivity index (χ0n) is 15.0. The highest BCUT2D eigenvalue weighted by Crippen LogP contribution is 2.21. The van der Waals surface area contributed by atoms with Crippen LogP contribution in [-0.4, -0.2) is 9.86 Å². The molecule has 0 atom stereocenters. The first-order valence-corrected chi connectivity index (χ1v) is 9.64. The highest BCUT2D eigenvalue weighted by Gasteiger charge is 2.10. The molecule has 0 bridgehead atoms. The molecule has 0 saturated heterocycles. The van der Waals surface area contributed by atoms with E-state index in [1.807, 2.05) is 72.8 Å². The van der Waals surface area contributed by atoms with Crippen molar-refractivity contribution in [3.8, 4) is 11.5 Å². The zero-order chi connectivity index (χ0) is 19.3. The lowest BCUT2D eigenvalue weighted by molar-refractivity contribution is -0.121. The number of rotatable bonds is 6. The third-order valence-electron chi connectivity index (χ3n) is 4.21. The van der Waals surface area contributed by atoms with Gasteiger partial charge in [-0.2, -0.15) is 0 Å². The maximum absolute atomic E-state index is 12.3. The smallest absolute Gasteiger partial charge is 0.268 e. The summed E-state index contributed by atoms with van der Waals surface area (Å²) in [5.41, 5.74) is 0.791. The fourth-order valence-corrected chi connectivity index (χ4v) is 3.85. The van der Waals surface area contributed by atoms with Crippen LogP contribution in [0.3, 0.4) is 0 Å². The predicted octanol–water partition coefficient (Wildman–Crippen LogP) is 4.17. The van der Waals surface area contributed by atoms with Gasteiger partial charge in [0.1, 0.15) is 18.0 Å². The van der Waals surface area contributed by atoms with E-state index < -0.39 is 0 Å². The zero-order valence-corrected chi connectivity index (χ0v) is 15.8. The molecule has 5 nitrogen and oxygen atoms in total. The Morgan fingerprint density at radius 2 is 1.68 bits per heavy atom. The molecule has 1 heterocycles. The molecule has 0 saturated carbocycles. The minimum atomic E-state index is -0.206. The van der Waals surface area contributed by atoms with E-state index in [2.05, 4.69) is 5.32 Å². The minimum absolute atomic E-state index is 0.0123. The van der Waals surface area contributed by atoms with Gasteiger partial charge in [-0.05, 0) is 42.0 Å². The average Bonchev–Trinajstić information content (AvgIpc) is 3.03.